The van der Waals surface area contributed by atoms with Gasteiger partial charge in [-0.15, -0.1) is 0 Å². The molecule has 1 N–H and O–H groups in total. The summed E-state index contributed by atoms with van der Waals surface area (Å²) in [6.45, 7) is 2.27. The zero-order valence-electron chi connectivity index (χ0n) is 12.7. The number of aromatic nitrogens is 2. The van der Waals surface area contributed by atoms with E-state index in [1.165, 1.54) is 12.3 Å². The molecular weight excluding hydrogens is 376 g/mol. The van der Waals surface area contributed by atoms with Gasteiger partial charge in [0.1, 0.15) is 5.82 Å². The van der Waals surface area contributed by atoms with Crippen LogP contribution < -0.4 is 5.32 Å². The topological polar surface area (TPSA) is 47.0 Å². The Labute approximate surface area is 154 Å². The Balaban J connectivity index is 1.86. The van der Waals surface area contributed by atoms with Crippen LogP contribution in [0.1, 0.15) is 12.8 Å². The van der Waals surface area contributed by atoms with Crippen LogP contribution in [0, 0.1) is 11.9 Å². The Morgan fingerprint density at radius 2 is 1.88 bits per heavy atom. The largest absolute Gasteiger partial charge is 0.381 e. The second-order valence-electron chi connectivity index (χ2n) is 5.57. The normalized spacial score (nSPS) is 15.5. The summed E-state index contributed by atoms with van der Waals surface area (Å²) in [7, 11) is 0. The summed E-state index contributed by atoms with van der Waals surface area (Å²) in [6.07, 6.45) is 3.22. The van der Waals surface area contributed by atoms with Crippen molar-refractivity contribution < 1.29 is 9.13 Å². The molecule has 0 aliphatic carbocycles. The first kappa shape index (κ1) is 17.7. The summed E-state index contributed by atoms with van der Waals surface area (Å²) in [6, 6.07) is 2.78. The second kappa shape index (κ2) is 7.83. The van der Waals surface area contributed by atoms with E-state index < -0.39 is 5.95 Å². The first-order valence-corrected chi connectivity index (χ1v) is 8.67. The van der Waals surface area contributed by atoms with Crippen LogP contribution in [0.4, 0.5) is 10.2 Å². The molecule has 0 saturated carbocycles. The number of nitrogens with zero attached hydrogens (tertiary/aromatic N) is 2. The summed E-state index contributed by atoms with van der Waals surface area (Å²) in [4.78, 5) is 7.95. The zero-order valence-corrected chi connectivity index (χ0v) is 14.9. The first-order chi connectivity index (χ1) is 11.5. The molecule has 1 saturated heterocycles. The van der Waals surface area contributed by atoms with E-state index in [1.807, 2.05) is 0 Å². The maximum Gasteiger partial charge on any atom is 0.213 e. The molecule has 1 fully saturated rings. The van der Waals surface area contributed by atoms with Crippen molar-refractivity contribution >= 4 is 40.6 Å². The highest BCUT2D eigenvalue weighted by atomic mass is 35.5. The lowest BCUT2D eigenvalue weighted by Gasteiger charge is -2.23. The van der Waals surface area contributed by atoms with E-state index in [2.05, 4.69) is 15.3 Å². The summed E-state index contributed by atoms with van der Waals surface area (Å²) < 4.78 is 18.8. The predicted molar refractivity (Wildman–Crippen MR) is 94.5 cm³/mol. The van der Waals surface area contributed by atoms with Gasteiger partial charge in [0.25, 0.3) is 0 Å². The SMILES string of the molecule is Fc1cc(-c2nc(NCC3CCOCC3)c(Cl)cc2Cl)c(Cl)cn1. The summed E-state index contributed by atoms with van der Waals surface area (Å²) in [5.74, 6) is 0.340. The number of ether oxygens (including phenoxy) is 1. The Morgan fingerprint density at radius 1 is 1.12 bits per heavy atom. The third kappa shape index (κ3) is 4.09. The van der Waals surface area contributed by atoms with Crippen LogP contribution in [-0.2, 0) is 4.74 Å². The average Bonchev–Trinajstić information content (AvgIpc) is 2.57. The molecule has 128 valence electrons. The lowest BCUT2D eigenvalue weighted by atomic mass is 10.0. The maximum absolute atomic E-state index is 13.4. The van der Waals surface area contributed by atoms with Crippen molar-refractivity contribution in [1.29, 1.82) is 0 Å². The molecule has 2 aromatic heterocycles. The predicted octanol–water partition coefficient (Wildman–Crippen LogP) is 5.08. The van der Waals surface area contributed by atoms with Gasteiger partial charge in [-0.25, -0.2) is 9.97 Å². The Morgan fingerprint density at radius 3 is 2.62 bits per heavy atom. The smallest absolute Gasteiger partial charge is 0.213 e. The molecular formula is C16H15Cl3FN3O. The van der Waals surface area contributed by atoms with Gasteiger partial charge in [0.2, 0.25) is 5.95 Å². The maximum atomic E-state index is 13.4. The molecule has 0 unspecified atom stereocenters. The van der Waals surface area contributed by atoms with Gasteiger partial charge in [-0.1, -0.05) is 34.8 Å². The molecule has 1 aliphatic rings. The minimum absolute atomic E-state index is 0.267. The first-order valence-electron chi connectivity index (χ1n) is 7.53. The third-order valence-corrected chi connectivity index (χ3v) is 4.78. The molecule has 0 aromatic carbocycles. The van der Waals surface area contributed by atoms with Gasteiger partial charge >= 0.3 is 0 Å². The molecule has 4 nitrogen and oxygen atoms in total. The molecule has 0 amide bonds. The van der Waals surface area contributed by atoms with Crippen molar-refractivity contribution in [2.24, 2.45) is 5.92 Å². The van der Waals surface area contributed by atoms with E-state index >= 15 is 0 Å². The number of rotatable bonds is 4. The molecule has 0 radical (unpaired) electrons. The van der Waals surface area contributed by atoms with Crippen LogP contribution in [0.15, 0.2) is 18.3 Å². The van der Waals surface area contributed by atoms with Gasteiger partial charge in [-0.2, -0.15) is 4.39 Å². The summed E-state index contributed by atoms with van der Waals surface area (Å²) >= 11 is 18.5. The van der Waals surface area contributed by atoms with E-state index in [-0.39, 0.29) is 5.02 Å². The number of anilines is 1. The third-order valence-electron chi connectivity index (χ3n) is 3.91. The van der Waals surface area contributed by atoms with Gasteiger partial charge < -0.3 is 10.1 Å². The molecule has 0 bridgehead atoms. The van der Waals surface area contributed by atoms with Crippen LogP contribution in [0.5, 0.6) is 0 Å². The van der Waals surface area contributed by atoms with Crippen LogP contribution >= 0.6 is 34.8 Å². The number of hydrogen-bond donors (Lipinski definition) is 1. The molecule has 3 rings (SSSR count). The average molecular weight is 391 g/mol. The quantitative estimate of drug-likeness (QED) is 0.739. The van der Waals surface area contributed by atoms with E-state index in [0.29, 0.717) is 33.0 Å². The highest BCUT2D eigenvalue weighted by Crippen LogP contribution is 2.36. The Hall–Kier alpha value is -1.14. The van der Waals surface area contributed by atoms with Gasteiger partial charge in [0, 0.05) is 37.6 Å². The lowest BCUT2D eigenvalue weighted by Crippen LogP contribution is -2.23. The number of halogens is 4. The van der Waals surface area contributed by atoms with Crippen LogP contribution in [0.25, 0.3) is 11.3 Å². The van der Waals surface area contributed by atoms with Crippen molar-refractivity contribution in [2.45, 2.75) is 12.8 Å². The minimum atomic E-state index is -0.654. The lowest BCUT2D eigenvalue weighted by molar-refractivity contribution is 0.0699. The van der Waals surface area contributed by atoms with Crippen LogP contribution in [-0.4, -0.2) is 29.7 Å². The molecule has 8 heteroatoms. The van der Waals surface area contributed by atoms with E-state index in [0.717, 1.165) is 32.6 Å². The summed E-state index contributed by atoms with van der Waals surface area (Å²) in [5.41, 5.74) is 0.738. The van der Waals surface area contributed by atoms with Crippen molar-refractivity contribution in [1.82, 2.24) is 9.97 Å². The van der Waals surface area contributed by atoms with Crippen LogP contribution in [0.2, 0.25) is 15.1 Å². The van der Waals surface area contributed by atoms with Gasteiger partial charge in [-0.3, -0.25) is 0 Å². The number of pyridine rings is 2. The van der Waals surface area contributed by atoms with Crippen molar-refractivity contribution in [3.05, 3.63) is 39.3 Å². The van der Waals surface area contributed by atoms with E-state index in [9.17, 15) is 4.39 Å². The van der Waals surface area contributed by atoms with Crippen molar-refractivity contribution in [2.75, 3.05) is 25.1 Å². The zero-order chi connectivity index (χ0) is 17.1. The second-order valence-corrected chi connectivity index (χ2v) is 6.79. The highest BCUT2D eigenvalue weighted by Gasteiger charge is 2.17. The number of hydrogen-bond acceptors (Lipinski definition) is 4. The van der Waals surface area contributed by atoms with Gasteiger partial charge in [-0.05, 0) is 24.8 Å². The van der Waals surface area contributed by atoms with Gasteiger partial charge in [0.05, 0.1) is 20.8 Å². The van der Waals surface area contributed by atoms with Crippen molar-refractivity contribution in [3.8, 4) is 11.3 Å². The molecule has 3 heterocycles. The minimum Gasteiger partial charge on any atom is -0.381 e. The fraction of sp³-hybridized carbons (Fsp3) is 0.375. The molecule has 24 heavy (non-hydrogen) atoms. The standard InChI is InChI=1S/C16H15Cl3FN3O/c17-11-6-12(18)16(22-7-9-1-3-24-4-2-9)23-15(11)10-5-14(20)21-8-13(10)19/h5-6,8-9H,1-4,7H2,(H,22,23). The molecule has 2 aromatic rings. The highest BCUT2D eigenvalue weighted by molar-refractivity contribution is 6.38. The Kier molecular flexibility index (Phi) is 5.76. The molecule has 1 aliphatic heterocycles. The fourth-order valence-electron chi connectivity index (χ4n) is 2.57. The van der Waals surface area contributed by atoms with Gasteiger partial charge in [0.15, 0.2) is 0 Å². The van der Waals surface area contributed by atoms with Crippen LogP contribution in [0.3, 0.4) is 0 Å². The van der Waals surface area contributed by atoms with E-state index in [4.69, 9.17) is 39.5 Å². The number of nitrogens with one attached hydrogen (secondary N) is 1. The fourth-order valence-corrected chi connectivity index (χ4v) is 3.29. The van der Waals surface area contributed by atoms with E-state index in [1.54, 1.807) is 6.07 Å². The molecule has 0 spiro atoms. The Bertz CT molecular complexity index is 739. The van der Waals surface area contributed by atoms with Crippen molar-refractivity contribution in [3.63, 3.8) is 0 Å². The summed E-state index contributed by atoms with van der Waals surface area (Å²) in [5, 5.41) is 4.21. The molecule has 0 atom stereocenters. The monoisotopic (exact) mass is 389 g/mol.